The first-order valence-corrected chi connectivity index (χ1v) is 9.47. The van der Waals surface area contributed by atoms with Gasteiger partial charge in [-0.1, -0.05) is 0 Å². The maximum atomic E-state index is 10.3. The van der Waals surface area contributed by atoms with Crippen molar-refractivity contribution in [3.05, 3.63) is 0 Å². The Balaban J connectivity index is -0.000000240. The number of aliphatic carboxylic acids is 9. The van der Waals surface area contributed by atoms with Crippen LogP contribution in [0.2, 0.25) is 0 Å². The van der Waals surface area contributed by atoms with Gasteiger partial charge >= 0.3 is 64.8 Å². The third-order valence-corrected chi connectivity index (χ3v) is 3.84. The molecule has 0 atom stereocenters. The van der Waals surface area contributed by atoms with Crippen molar-refractivity contribution in [2.24, 2.45) is 0 Å². The van der Waals surface area contributed by atoms with Crippen molar-refractivity contribution in [2.75, 3.05) is 0 Å². The maximum Gasteiger partial charge on any atom is 2.00 e. The predicted molar refractivity (Wildman–Crippen MR) is 112 cm³/mol. The Morgan fingerprint density at radius 3 is 0.650 bits per heavy atom. The van der Waals surface area contributed by atoms with E-state index in [0.717, 1.165) is 0 Å². The number of carboxylic acid groups (broad SMARTS) is 9. The van der Waals surface area contributed by atoms with Crippen molar-refractivity contribution in [3.63, 3.8) is 0 Å². The van der Waals surface area contributed by atoms with Gasteiger partial charge in [-0.05, 0) is 0 Å². The SMILES string of the molecule is O=C(O)CC(O)(CC(=O)O)C(=O)O.O=C(O)CC(O)(CC(=O)O)C(=O)O.O=C([O-])CC(O)(CC(=O)[O-])C(=O)O.[Mg+2]. The zero-order valence-electron chi connectivity index (χ0n) is 19.9. The average Bonchev–Trinajstić information content (AvgIpc) is 2.64. The molecule has 40 heavy (non-hydrogen) atoms. The van der Waals surface area contributed by atoms with Gasteiger partial charge in [-0.2, -0.15) is 0 Å². The second-order valence-electron chi connectivity index (χ2n) is 7.39. The molecule has 0 heterocycles. The summed E-state index contributed by atoms with van der Waals surface area (Å²) in [6, 6.07) is 0. The van der Waals surface area contributed by atoms with Crippen LogP contribution < -0.4 is 10.2 Å². The van der Waals surface area contributed by atoms with Crippen LogP contribution in [0.5, 0.6) is 0 Å². The van der Waals surface area contributed by atoms with Gasteiger partial charge < -0.3 is 70.9 Å². The number of carbonyl (C=O) groups excluding carboxylic acids is 2. The topological polar surface area (TPSA) is 402 Å². The first-order chi connectivity index (χ1) is 17.3. The van der Waals surface area contributed by atoms with Gasteiger partial charge in [0.1, 0.15) is 0 Å². The summed E-state index contributed by atoms with van der Waals surface area (Å²) in [5.74, 6) is -15.7. The van der Waals surface area contributed by atoms with Gasteiger partial charge in [-0.3, -0.25) is 19.2 Å². The molecular weight excluding hydrogens is 576 g/mol. The largest absolute Gasteiger partial charge is 2.00 e. The maximum absolute atomic E-state index is 10.3. The molecule has 0 rings (SSSR count). The van der Waals surface area contributed by atoms with E-state index in [9.17, 15) is 53.4 Å². The molecule has 0 aliphatic carbocycles. The Morgan fingerprint density at radius 1 is 0.400 bits per heavy atom. The molecule has 0 aromatic carbocycles. The summed E-state index contributed by atoms with van der Waals surface area (Å²) < 4.78 is 0. The van der Waals surface area contributed by atoms with Crippen LogP contribution in [0.25, 0.3) is 0 Å². The van der Waals surface area contributed by atoms with Gasteiger partial charge in [0.25, 0.3) is 0 Å². The van der Waals surface area contributed by atoms with E-state index in [1.54, 1.807) is 0 Å². The fourth-order valence-corrected chi connectivity index (χ4v) is 2.12. The molecule has 0 aromatic heterocycles. The molecule has 21 nitrogen and oxygen atoms in total. The van der Waals surface area contributed by atoms with Crippen molar-refractivity contribution in [3.8, 4) is 0 Å². The molecule has 0 amide bonds. The normalized spacial score (nSPS) is 10.6. The Labute approximate surface area is 236 Å². The summed E-state index contributed by atoms with van der Waals surface area (Å²) in [7, 11) is 0. The van der Waals surface area contributed by atoms with Gasteiger partial charge in [-0.15, -0.1) is 0 Å². The van der Waals surface area contributed by atoms with Crippen LogP contribution in [-0.2, 0) is 43.2 Å². The molecule has 0 aromatic rings. The molecule has 0 bridgehead atoms. The summed E-state index contributed by atoms with van der Waals surface area (Å²) in [4.78, 5) is 91.1. The molecule has 0 aliphatic heterocycles. The number of aliphatic hydroxyl groups is 3. The van der Waals surface area contributed by atoms with E-state index in [0.29, 0.717) is 0 Å². The summed E-state index contributed by atoms with van der Waals surface area (Å²) in [5.41, 5.74) is -8.34. The molecule has 22 heteroatoms. The Hall–Kier alpha value is -4.12. The van der Waals surface area contributed by atoms with Crippen molar-refractivity contribution >= 4 is 76.8 Å². The van der Waals surface area contributed by atoms with Gasteiger partial charge in [0.05, 0.1) is 25.7 Å². The minimum absolute atomic E-state index is 0. The van der Waals surface area contributed by atoms with Crippen LogP contribution >= 0.6 is 0 Å². The van der Waals surface area contributed by atoms with E-state index in [1.165, 1.54) is 0 Å². The van der Waals surface area contributed by atoms with Crippen molar-refractivity contribution < 1.29 is 104 Å². The smallest absolute Gasteiger partial charge is 0.550 e. The number of hydrogen-bond acceptors (Lipinski definition) is 14. The number of rotatable bonds is 15. The predicted octanol–water partition coefficient (Wildman–Crippen LogP) is -6.80. The van der Waals surface area contributed by atoms with Gasteiger partial charge in [-0.25, -0.2) is 14.4 Å². The van der Waals surface area contributed by atoms with E-state index < -0.39 is 109 Å². The second kappa shape index (κ2) is 18.2. The fraction of sp³-hybridized carbons (Fsp3) is 0.500. The fourth-order valence-electron chi connectivity index (χ4n) is 2.12. The standard InChI is InChI=1S/3C6H8O7.Mg/c3*7-3(8)1-6(13,5(11)12)2-4(9)10;/h3*13H,1-2H2,(H,7,8)(H,9,10)(H,11,12);/q;;;+2/p-2. The van der Waals surface area contributed by atoms with E-state index >= 15 is 0 Å². The monoisotopic (exact) mass is 598 g/mol. The van der Waals surface area contributed by atoms with Gasteiger partial charge in [0.2, 0.25) is 0 Å². The molecule has 0 aliphatic rings. The van der Waals surface area contributed by atoms with Gasteiger partial charge in [0, 0.05) is 24.8 Å². The molecule has 0 fully saturated rings. The van der Waals surface area contributed by atoms with Crippen molar-refractivity contribution in [1.82, 2.24) is 0 Å². The second-order valence-corrected chi connectivity index (χ2v) is 7.39. The summed E-state index contributed by atoms with van der Waals surface area (Å²) in [6.45, 7) is 0. The quantitative estimate of drug-likeness (QED) is 0.0782. The van der Waals surface area contributed by atoms with Crippen LogP contribution in [0, 0.1) is 0 Å². The van der Waals surface area contributed by atoms with E-state index in [4.69, 9.17) is 51.1 Å². The third-order valence-electron chi connectivity index (χ3n) is 3.84. The Bertz CT molecular complexity index is 812. The zero-order chi connectivity index (χ0) is 31.9. The molecule has 0 radical (unpaired) electrons. The molecule has 0 saturated carbocycles. The Morgan fingerprint density at radius 2 is 0.550 bits per heavy atom. The molecule has 0 unspecified atom stereocenters. The first-order valence-electron chi connectivity index (χ1n) is 9.47. The van der Waals surface area contributed by atoms with Crippen molar-refractivity contribution in [2.45, 2.75) is 55.3 Å². The van der Waals surface area contributed by atoms with Crippen LogP contribution in [0.1, 0.15) is 38.5 Å². The average molecular weight is 599 g/mol. The number of carbonyl (C=O) groups is 9. The van der Waals surface area contributed by atoms with Crippen LogP contribution in [0.3, 0.4) is 0 Å². The molecule has 0 saturated heterocycles. The van der Waals surface area contributed by atoms with E-state index in [2.05, 4.69) is 0 Å². The molecular formula is C18H22MgO21. The van der Waals surface area contributed by atoms with Crippen LogP contribution in [0.15, 0.2) is 0 Å². The zero-order valence-corrected chi connectivity index (χ0v) is 21.3. The summed E-state index contributed by atoms with van der Waals surface area (Å²) >= 11 is 0. The molecule has 0 spiro atoms. The van der Waals surface area contributed by atoms with E-state index in [-0.39, 0.29) is 23.1 Å². The number of hydrogen-bond donors (Lipinski definition) is 10. The minimum Gasteiger partial charge on any atom is -0.550 e. The molecule has 10 N–H and O–H groups in total. The minimum atomic E-state index is -2.86. The molecule has 222 valence electrons. The summed E-state index contributed by atoms with van der Waals surface area (Å²) in [6.07, 6.45) is -7.17. The van der Waals surface area contributed by atoms with Crippen LogP contribution in [0.4, 0.5) is 0 Å². The summed E-state index contributed by atoms with van der Waals surface area (Å²) in [5, 5.41) is 105. The van der Waals surface area contributed by atoms with Gasteiger partial charge in [0.15, 0.2) is 16.8 Å². The van der Waals surface area contributed by atoms with Crippen molar-refractivity contribution in [1.29, 1.82) is 0 Å². The van der Waals surface area contributed by atoms with E-state index in [1.807, 2.05) is 0 Å². The third kappa shape index (κ3) is 19.0. The first kappa shape index (κ1) is 42.9. The van der Waals surface area contributed by atoms with Crippen LogP contribution in [-0.4, -0.2) is 145 Å². The Kier molecular flexibility index (Phi) is 19.6. The number of carboxylic acids is 9.